The normalized spacial score (nSPS) is 14.8. The second kappa shape index (κ2) is 11.4. The fourth-order valence-electron chi connectivity index (χ4n) is 3.46. The summed E-state index contributed by atoms with van der Waals surface area (Å²) in [5.74, 6) is 0.970. The Bertz CT molecular complexity index is 1580. The van der Waals surface area contributed by atoms with E-state index in [4.69, 9.17) is 17.8 Å². The highest BCUT2D eigenvalue weighted by molar-refractivity contribution is 7.82. The summed E-state index contributed by atoms with van der Waals surface area (Å²) in [5.41, 5.74) is 5.42. The van der Waals surface area contributed by atoms with Crippen molar-refractivity contribution >= 4 is 27.8 Å². The summed E-state index contributed by atoms with van der Waals surface area (Å²) >= 11 is 0. The van der Waals surface area contributed by atoms with E-state index >= 15 is 0 Å². The molecule has 0 bridgehead atoms. The molecule has 0 spiro atoms. The van der Waals surface area contributed by atoms with Crippen LogP contribution in [-0.2, 0) is 27.8 Å². The first-order valence-electron chi connectivity index (χ1n) is 11.5. The van der Waals surface area contributed by atoms with Gasteiger partial charge in [0, 0.05) is 0 Å². The molecule has 1 aliphatic rings. The van der Waals surface area contributed by atoms with Gasteiger partial charge >= 0.3 is 16.4 Å². The number of nitrogens with one attached hydrogen (secondary N) is 1. The summed E-state index contributed by atoms with van der Waals surface area (Å²) in [7, 11) is -4.60. The number of benzene rings is 4. The number of ether oxygens (including phenoxy) is 2. The maximum atomic E-state index is 12.6. The molecular formula is C27H22N4O6S. The van der Waals surface area contributed by atoms with E-state index in [-0.39, 0.29) is 19.0 Å². The van der Waals surface area contributed by atoms with Crippen LogP contribution in [0, 0.1) is 0 Å². The van der Waals surface area contributed by atoms with Crippen molar-refractivity contribution in [1.82, 2.24) is 0 Å². The van der Waals surface area contributed by atoms with Gasteiger partial charge in [-0.1, -0.05) is 71.8 Å². The van der Waals surface area contributed by atoms with E-state index in [9.17, 15) is 8.42 Å². The Morgan fingerprint density at radius 3 is 2.03 bits per heavy atom. The van der Waals surface area contributed by atoms with Gasteiger partial charge in [-0.25, -0.2) is 0 Å². The maximum Gasteiger partial charge on any atom is 0.503 e. The van der Waals surface area contributed by atoms with E-state index in [2.05, 4.69) is 20.8 Å². The van der Waals surface area contributed by atoms with Crippen LogP contribution in [0.5, 0.6) is 17.2 Å². The molecule has 1 aliphatic heterocycles. The molecule has 11 heteroatoms. The Balaban J connectivity index is 1.51. The molecule has 0 aromatic heterocycles. The lowest BCUT2D eigenvalue weighted by atomic mass is 10.1. The van der Waals surface area contributed by atoms with Crippen LogP contribution in [0.1, 0.15) is 11.1 Å². The Morgan fingerprint density at radius 2 is 1.26 bits per heavy atom. The quantitative estimate of drug-likeness (QED) is 0.347. The predicted octanol–water partition coefficient (Wildman–Crippen LogP) is 5.97. The molecule has 10 nitrogen and oxygen atoms in total. The summed E-state index contributed by atoms with van der Waals surface area (Å²) in [4.78, 5) is 0. The fraction of sp³-hybridized carbons (Fsp3) is 0.0741. The standard InChI is InChI=1S/C27H22N4O6S/c32-38(33,36-22-12-2-1-3-13-22)37-27-30-28-23-14-6-8-16-25(23)34-18-20-10-4-5-11-21(20)19-35-26-17-9-7-15-24(26)29-31-27/h1-17,28H,18-19H2/b30-27+,31-29?. The zero-order chi connectivity index (χ0) is 26.2. The van der Waals surface area contributed by atoms with Gasteiger partial charge in [0.2, 0.25) is 0 Å². The van der Waals surface area contributed by atoms with Crippen LogP contribution >= 0.6 is 0 Å². The van der Waals surface area contributed by atoms with Gasteiger partial charge in [0.15, 0.2) is 0 Å². The number of anilines is 1. The third-order valence-corrected chi connectivity index (χ3v) is 6.02. The Kier molecular flexibility index (Phi) is 7.46. The minimum Gasteiger partial charge on any atom is -0.487 e. The number of nitrogens with zero attached hydrogens (tertiary/aromatic N) is 3. The molecule has 0 saturated carbocycles. The van der Waals surface area contributed by atoms with Gasteiger partial charge in [-0.2, -0.15) is 0 Å². The minimum absolute atomic E-state index is 0.0622. The van der Waals surface area contributed by atoms with E-state index in [1.807, 2.05) is 24.3 Å². The molecule has 4 aromatic rings. The molecule has 1 N–H and O–H groups in total. The topological polar surface area (TPSA) is 120 Å². The Hall–Kier alpha value is -4.90. The van der Waals surface area contributed by atoms with Crippen LogP contribution in [0.3, 0.4) is 0 Å². The monoisotopic (exact) mass is 530 g/mol. The van der Waals surface area contributed by atoms with E-state index in [0.717, 1.165) is 11.1 Å². The zero-order valence-electron chi connectivity index (χ0n) is 19.9. The van der Waals surface area contributed by atoms with Crippen molar-refractivity contribution in [3.8, 4) is 17.2 Å². The predicted molar refractivity (Wildman–Crippen MR) is 141 cm³/mol. The number of hydrogen-bond donors (Lipinski definition) is 1. The molecule has 0 radical (unpaired) electrons. The fourth-order valence-corrected chi connectivity index (χ4v) is 4.10. The van der Waals surface area contributed by atoms with Crippen LogP contribution in [0.15, 0.2) is 118 Å². The number of azo groups is 1. The molecule has 0 fully saturated rings. The maximum absolute atomic E-state index is 12.6. The molecule has 4 aromatic carbocycles. The highest BCUT2D eigenvalue weighted by Gasteiger charge is 2.20. The van der Waals surface area contributed by atoms with Gasteiger partial charge in [0.05, 0.1) is 5.69 Å². The van der Waals surface area contributed by atoms with E-state index in [0.29, 0.717) is 22.9 Å². The number of para-hydroxylation sites is 4. The summed E-state index contributed by atoms with van der Waals surface area (Å²) < 4.78 is 47.3. The number of fused-ring (bicyclic) bond motifs is 3. The molecule has 0 unspecified atom stereocenters. The summed E-state index contributed by atoms with van der Waals surface area (Å²) in [6, 6.07) is 29.0. The molecule has 0 atom stereocenters. The number of hydrogen-bond acceptors (Lipinski definition) is 10. The molecule has 0 amide bonds. The molecule has 1 heterocycles. The van der Waals surface area contributed by atoms with Crippen molar-refractivity contribution in [3.63, 3.8) is 0 Å². The van der Waals surface area contributed by atoms with Gasteiger partial charge in [0.25, 0.3) is 0 Å². The minimum atomic E-state index is -4.60. The van der Waals surface area contributed by atoms with Crippen LogP contribution in [0.2, 0.25) is 0 Å². The molecule has 0 saturated heterocycles. The second-order valence-electron chi connectivity index (χ2n) is 7.90. The lowest BCUT2D eigenvalue weighted by molar-refractivity contribution is 0.286. The SMILES string of the molecule is O=S(=O)(O/C1=N/Nc2ccccc2OCc2ccccc2COc2ccccc2N=N1)Oc1ccccc1. The summed E-state index contributed by atoms with van der Waals surface area (Å²) in [6.07, 6.45) is 0. The van der Waals surface area contributed by atoms with Crippen molar-refractivity contribution < 1.29 is 26.3 Å². The lowest BCUT2D eigenvalue weighted by Gasteiger charge is -2.14. The Labute approximate surface area is 219 Å². The Morgan fingerprint density at radius 1 is 0.658 bits per heavy atom. The molecular weight excluding hydrogens is 508 g/mol. The average molecular weight is 531 g/mol. The van der Waals surface area contributed by atoms with Gasteiger partial charge in [-0.05, 0) is 47.5 Å². The molecule has 38 heavy (non-hydrogen) atoms. The number of rotatable bonds is 3. The van der Waals surface area contributed by atoms with Crippen LogP contribution < -0.4 is 19.1 Å². The summed E-state index contributed by atoms with van der Waals surface area (Å²) in [6.45, 7) is 0.518. The van der Waals surface area contributed by atoms with Crippen molar-refractivity contribution in [2.75, 3.05) is 5.43 Å². The van der Waals surface area contributed by atoms with Gasteiger partial charge in [0.1, 0.15) is 36.1 Å². The first-order valence-corrected chi connectivity index (χ1v) is 12.8. The molecule has 192 valence electrons. The number of hydrazone groups is 1. The third-order valence-electron chi connectivity index (χ3n) is 5.27. The second-order valence-corrected chi connectivity index (χ2v) is 9.05. The third kappa shape index (κ3) is 6.45. The van der Waals surface area contributed by atoms with Gasteiger partial charge < -0.3 is 17.8 Å². The highest BCUT2D eigenvalue weighted by Crippen LogP contribution is 2.30. The van der Waals surface area contributed by atoms with E-state index < -0.39 is 16.4 Å². The van der Waals surface area contributed by atoms with Crippen molar-refractivity contribution in [3.05, 3.63) is 114 Å². The smallest absolute Gasteiger partial charge is 0.487 e. The van der Waals surface area contributed by atoms with Crippen molar-refractivity contribution in [2.45, 2.75) is 13.2 Å². The first-order chi connectivity index (χ1) is 18.6. The largest absolute Gasteiger partial charge is 0.503 e. The van der Waals surface area contributed by atoms with Crippen molar-refractivity contribution in [2.24, 2.45) is 15.3 Å². The van der Waals surface area contributed by atoms with Crippen LogP contribution in [0.25, 0.3) is 0 Å². The lowest BCUT2D eigenvalue weighted by Crippen LogP contribution is -2.18. The average Bonchev–Trinajstić information content (AvgIpc) is 2.93. The number of amidine groups is 1. The first kappa shape index (κ1) is 24.8. The highest BCUT2D eigenvalue weighted by atomic mass is 32.3. The van der Waals surface area contributed by atoms with Crippen LogP contribution in [0.4, 0.5) is 11.4 Å². The van der Waals surface area contributed by atoms with E-state index in [1.54, 1.807) is 66.7 Å². The van der Waals surface area contributed by atoms with Crippen molar-refractivity contribution in [1.29, 1.82) is 0 Å². The van der Waals surface area contributed by atoms with Gasteiger partial charge in [-0.3, -0.25) is 5.43 Å². The van der Waals surface area contributed by atoms with E-state index in [1.165, 1.54) is 12.1 Å². The zero-order valence-corrected chi connectivity index (χ0v) is 20.7. The summed E-state index contributed by atoms with van der Waals surface area (Å²) in [5, 5.41) is 12.1. The molecule has 0 aliphatic carbocycles. The van der Waals surface area contributed by atoms with Crippen LogP contribution in [-0.4, -0.2) is 14.4 Å². The van der Waals surface area contributed by atoms with Gasteiger partial charge in [-0.15, -0.1) is 18.6 Å². The molecule has 5 rings (SSSR count).